The van der Waals surface area contributed by atoms with Crippen molar-refractivity contribution in [1.82, 2.24) is 10.2 Å². The number of nitrogens with zero attached hydrogens (tertiary/aromatic N) is 4. The Morgan fingerprint density at radius 2 is 1.81 bits per heavy atom. The fourth-order valence-corrected chi connectivity index (χ4v) is 2.96. The standard InChI is InChI=1S/C16H13N5O5/c22-12-9-3-1-2-4-10(9)13(23)14-11(12)15(21(25)26-14)18-19-16(24)20-7-5-17-6-8-20/h1-4,17H,5-8H2/b19-18+. The second-order valence-corrected chi connectivity index (χ2v) is 5.80. The van der Waals surface area contributed by atoms with Crippen LogP contribution in [0.15, 0.2) is 39.0 Å². The van der Waals surface area contributed by atoms with Crippen LogP contribution in [0.5, 0.6) is 0 Å². The smallest absolute Gasteiger partial charge is 0.402 e. The van der Waals surface area contributed by atoms with Crippen LogP contribution in [0.2, 0.25) is 0 Å². The summed E-state index contributed by atoms with van der Waals surface area (Å²) in [6.45, 7) is 2.19. The Labute approximate surface area is 146 Å². The lowest BCUT2D eigenvalue weighted by Gasteiger charge is -2.24. The van der Waals surface area contributed by atoms with Gasteiger partial charge in [-0.15, -0.1) is 0 Å². The quantitative estimate of drug-likeness (QED) is 0.507. The number of urea groups is 1. The summed E-state index contributed by atoms with van der Waals surface area (Å²) in [6, 6.07) is 5.54. The highest BCUT2D eigenvalue weighted by molar-refractivity contribution is 6.28. The molecule has 0 spiro atoms. The number of rotatable bonds is 1. The van der Waals surface area contributed by atoms with Gasteiger partial charge in [0.25, 0.3) is 0 Å². The minimum Gasteiger partial charge on any atom is -0.435 e. The maximum absolute atomic E-state index is 12.7. The summed E-state index contributed by atoms with van der Waals surface area (Å²) < 4.78 is 4.86. The van der Waals surface area contributed by atoms with Crippen molar-refractivity contribution in [2.75, 3.05) is 26.2 Å². The van der Waals surface area contributed by atoms with E-state index < -0.39 is 29.2 Å². The summed E-state index contributed by atoms with van der Waals surface area (Å²) in [5.41, 5.74) is 0.0246. The Hall–Kier alpha value is -3.40. The molecule has 1 aliphatic carbocycles. The monoisotopic (exact) mass is 355 g/mol. The van der Waals surface area contributed by atoms with Gasteiger partial charge >= 0.3 is 11.8 Å². The molecule has 2 aromatic rings. The van der Waals surface area contributed by atoms with E-state index >= 15 is 0 Å². The molecule has 0 atom stereocenters. The second kappa shape index (κ2) is 6.15. The number of aromatic nitrogens is 1. The zero-order valence-electron chi connectivity index (χ0n) is 13.5. The summed E-state index contributed by atoms with van der Waals surface area (Å²) in [5, 5.41) is 22.2. The zero-order chi connectivity index (χ0) is 18.3. The fraction of sp³-hybridized carbons (Fsp3) is 0.250. The van der Waals surface area contributed by atoms with Gasteiger partial charge in [0.05, 0.1) is 5.11 Å². The molecule has 0 unspecified atom stereocenters. The van der Waals surface area contributed by atoms with E-state index in [9.17, 15) is 19.6 Å². The largest absolute Gasteiger partial charge is 0.435 e. The first-order valence-electron chi connectivity index (χ1n) is 7.94. The number of carbonyl (C=O) groups is 3. The molecule has 2 amide bonds. The number of amides is 2. The highest BCUT2D eigenvalue weighted by Gasteiger charge is 2.38. The Morgan fingerprint density at radius 1 is 1.15 bits per heavy atom. The van der Waals surface area contributed by atoms with Gasteiger partial charge in [-0.05, 0) is 4.90 Å². The highest BCUT2D eigenvalue weighted by Crippen LogP contribution is 2.32. The van der Waals surface area contributed by atoms with Crippen LogP contribution in [0.3, 0.4) is 0 Å². The molecular weight excluding hydrogens is 342 g/mol. The Balaban J connectivity index is 1.70. The molecule has 1 aliphatic heterocycles. The molecular formula is C16H13N5O5. The number of hydrogen-bond donors (Lipinski definition) is 1. The molecule has 1 aromatic carbocycles. The zero-order valence-corrected chi connectivity index (χ0v) is 13.5. The highest BCUT2D eigenvalue weighted by atomic mass is 16.7. The number of ketones is 2. The average Bonchev–Trinajstić information content (AvgIpc) is 3.01. The average molecular weight is 355 g/mol. The molecule has 0 radical (unpaired) electrons. The van der Waals surface area contributed by atoms with Crippen molar-refractivity contribution in [3.05, 3.63) is 51.9 Å². The van der Waals surface area contributed by atoms with Crippen LogP contribution in [-0.2, 0) is 0 Å². The minimum atomic E-state index is -0.628. The van der Waals surface area contributed by atoms with Gasteiger partial charge in [-0.1, -0.05) is 24.3 Å². The molecule has 10 nitrogen and oxygen atoms in total. The van der Waals surface area contributed by atoms with Crippen LogP contribution in [-0.4, -0.2) is 48.7 Å². The predicted molar refractivity (Wildman–Crippen MR) is 85.3 cm³/mol. The van der Waals surface area contributed by atoms with Crippen molar-refractivity contribution in [2.45, 2.75) is 0 Å². The van der Waals surface area contributed by atoms with E-state index in [1.54, 1.807) is 12.1 Å². The molecule has 1 fully saturated rings. The molecule has 1 aromatic heterocycles. The molecule has 2 heterocycles. The number of carbonyl (C=O) groups excluding carboxylic acids is 3. The molecule has 0 bridgehead atoms. The van der Waals surface area contributed by atoms with Crippen molar-refractivity contribution in [3.8, 4) is 0 Å². The van der Waals surface area contributed by atoms with E-state index in [0.29, 0.717) is 26.2 Å². The first-order valence-corrected chi connectivity index (χ1v) is 7.94. The van der Waals surface area contributed by atoms with Crippen molar-refractivity contribution in [2.24, 2.45) is 10.2 Å². The molecule has 0 saturated carbocycles. The van der Waals surface area contributed by atoms with Gasteiger partial charge in [-0.2, -0.15) is 0 Å². The van der Waals surface area contributed by atoms with Crippen molar-refractivity contribution in [3.63, 3.8) is 0 Å². The molecule has 10 heteroatoms. The third-order valence-electron chi connectivity index (χ3n) is 4.27. The molecule has 132 valence electrons. The molecule has 26 heavy (non-hydrogen) atoms. The minimum absolute atomic E-state index is 0.0686. The maximum atomic E-state index is 12.7. The van der Waals surface area contributed by atoms with Crippen LogP contribution in [0, 0.1) is 5.21 Å². The number of piperazine rings is 1. The number of hydrogen-bond acceptors (Lipinski definition) is 7. The molecule has 1 saturated heterocycles. The molecule has 2 aliphatic rings. The summed E-state index contributed by atoms with van der Waals surface area (Å²) in [6.07, 6.45) is 0. The SMILES string of the molecule is O=C1c2ccccc2C(=O)c2c1o[n+]([O-])c2/N=N/C(=O)N1CCNCC1. The van der Waals surface area contributed by atoms with Crippen molar-refractivity contribution >= 4 is 23.4 Å². The topological polar surface area (TPSA) is 131 Å². The first kappa shape index (κ1) is 16.1. The summed E-state index contributed by atoms with van der Waals surface area (Å²) >= 11 is 0. The van der Waals surface area contributed by atoms with Gasteiger partial charge in [0.15, 0.2) is 0 Å². The van der Waals surface area contributed by atoms with E-state index in [1.807, 2.05) is 0 Å². The van der Waals surface area contributed by atoms with Crippen LogP contribution < -0.4 is 10.2 Å². The summed E-state index contributed by atoms with van der Waals surface area (Å²) in [7, 11) is 0. The van der Waals surface area contributed by atoms with Gasteiger partial charge in [0, 0.05) is 42.4 Å². The Morgan fingerprint density at radius 3 is 2.50 bits per heavy atom. The lowest BCUT2D eigenvalue weighted by Crippen LogP contribution is -2.45. The predicted octanol–water partition coefficient (Wildman–Crippen LogP) is 0.797. The van der Waals surface area contributed by atoms with Crippen LogP contribution >= 0.6 is 0 Å². The van der Waals surface area contributed by atoms with E-state index in [1.165, 1.54) is 17.0 Å². The van der Waals surface area contributed by atoms with E-state index in [-0.39, 0.29) is 21.6 Å². The maximum Gasteiger partial charge on any atom is 0.402 e. The summed E-state index contributed by atoms with van der Waals surface area (Å²) in [4.78, 5) is 38.6. The van der Waals surface area contributed by atoms with Crippen LogP contribution in [0.25, 0.3) is 0 Å². The van der Waals surface area contributed by atoms with E-state index in [0.717, 1.165) is 0 Å². The van der Waals surface area contributed by atoms with Crippen molar-refractivity contribution in [1.29, 1.82) is 0 Å². The number of nitrogens with one attached hydrogen (secondary N) is 1. The van der Waals surface area contributed by atoms with E-state index in [2.05, 4.69) is 15.5 Å². The van der Waals surface area contributed by atoms with Crippen LogP contribution in [0.1, 0.15) is 32.0 Å². The lowest BCUT2D eigenvalue weighted by molar-refractivity contribution is -0.782. The van der Waals surface area contributed by atoms with Gasteiger partial charge in [-0.3, -0.25) is 9.59 Å². The Kier molecular flexibility index (Phi) is 3.81. The molecule has 1 N–H and O–H groups in total. The second-order valence-electron chi connectivity index (χ2n) is 5.80. The number of azo groups is 1. The Bertz CT molecular complexity index is 958. The third kappa shape index (κ3) is 2.47. The third-order valence-corrected chi connectivity index (χ3v) is 4.27. The number of fused-ring (bicyclic) bond motifs is 2. The van der Waals surface area contributed by atoms with Crippen molar-refractivity contribution < 1.29 is 23.8 Å². The van der Waals surface area contributed by atoms with Gasteiger partial charge in [0.1, 0.15) is 11.3 Å². The summed E-state index contributed by atoms with van der Waals surface area (Å²) in [5.74, 6) is -2.06. The number of benzene rings is 1. The fourth-order valence-electron chi connectivity index (χ4n) is 2.96. The van der Waals surface area contributed by atoms with Gasteiger partial charge in [0.2, 0.25) is 11.6 Å². The molecule has 4 rings (SSSR count). The normalized spacial score (nSPS) is 16.7. The van der Waals surface area contributed by atoms with Gasteiger partial charge < -0.3 is 19.9 Å². The van der Waals surface area contributed by atoms with E-state index in [4.69, 9.17) is 4.52 Å². The lowest BCUT2D eigenvalue weighted by atomic mass is 9.88. The van der Waals surface area contributed by atoms with Gasteiger partial charge in [-0.25, -0.2) is 4.79 Å². The first-order chi connectivity index (χ1) is 12.6. The van der Waals surface area contributed by atoms with Crippen LogP contribution in [0.4, 0.5) is 10.6 Å².